The van der Waals surface area contributed by atoms with E-state index < -0.39 is 11.6 Å². The lowest BCUT2D eigenvalue weighted by Crippen LogP contribution is -2.28. The molecule has 2 rings (SSSR count). The number of fused-ring (bicyclic) bond motifs is 1. The third kappa shape index (κ3) is 2.80. The lowest BCUT2D eigenvalue weighted by atomic mass is 10.0. The quantitative estimate of drug-likeness (QED) is 0.881. The van der Waals surface area contributed by atoms with Crippen molar-refractivity contribution >= 4 is 11.8 Å². The molecular formula is C13H17F2NS. The van der Waals surface area contributed by atoms with Gasteiger partial charge in [0.1, 0.15) is 11.6 Å². The Morgan fingerprint density at radius 1 is 1.41 bits per heavy atom. The van der Waals surface area contributed by atoms with Gasteiger partial charge in [-0.3, -0.25) is 0 Å². The molecule has 0 bridgehead atoms. The van der Waals surface area contributed by atoms with Gasteiger partial charge in [-0.05, 0) is 31.0 Å². The lowest BCUT2D eigenvalue weighted by Gasteiger charge is -2.30. The molecule has 1 aliphatic heterocycles. The van der Waals surface area contributed by atoms with Crippen molar-refractivity contribution in [3.63, 3.8) is 0 Å². The molecule has 94 valence electrons. The van der Waals surface area contributed by atoms with E-state index in [0.29, 0.717) is 10.1 Å². The first-order valence-electron chi connectivity index (χ1n) is 6.00. The summed E-state index contributed by atoms with van der Waals surface area (Å²) in [6.07, 6.45) is 1.94. The van der Waals surface area contributed by atoms with Crippen molar-refractivity contribution in [2.75, 3.05) is 6.54 Å². The highest BCUT2D eigenvalue weighted by molar-refractivity contribution is 8.00. The smallest absolute Gasteiger partial charge is 0.140 e. The maximum Gasteiger partial charge on any atom is 0.140 e. The van der Waals surface area contributed by atoms with Crippen molar-refractivity contribution in [3.8, 4) is 0 Å². The monoisotopic (exact) mass is 257 g/mol. The molecule has 2 unspecified atom stereocenters. The SMILES string of the molecule is CCCNC1CC(C)Sc2c(F)cc(F)cc21. The number of hydrogen-bond donors (Lipinski definition) is 1. The summed E-state index contributed by atoms with van der Waals surface area (Å²) in [7, 11) is 0. The first-order chi connectivity index (χ1) is 8.11. The fraction of sp³-hybridized carbons (Fsp3) is 0.538. The van der Waals surface area contributed by atoms with Crippen molar-refractivity contribution in [1.29, 1.82) is 0 Å². The molecule has 0 saturated carbocycles. The zero-order valence-electron chi connectivity index (χ0n) is 10.1. The van der Waals surface area contributed by atoms with Gasteiger partial charge in [0.2, 0.25) is 0 Å². The van der Waals surface area contributed by atoms with Gasteiger partial charge < -0.3 is 5.32 Å². The molecule has 0 radical (unpaired) electrons. The molecule has 1 nitrogen and oxygen atoms in total. The highest BCUT2D eigenvalue weighted by atomic mass is 32.2. The Labute approximate surface area is 105 Å². The van der Waals surface area contributed by atoms with Crippen LogP contribution in [0, 0.1) is 11.6 Å². The van der Waals surface area contributed by atoms with Crippen LogP contribution in [-0.4, -0.2) is 11.8 Å². The molecule has 1 N–H and O–H groups in total. The molecule has 1 aromatic carbocycles. The minimum Gasteiger partial charge on any atom is -0.310 e. The van der Waals surface area contributed by atoms with Crippen LogP contribution >= 0.6 is 11.8 Å². The van der Waals surface area contributed by atoms with Gasteiger partial charge in [0.05, 0.1) is 0 Å². The first-order valence-corrected chi connectivity index (χ1v) is 6.88. The van der Waals surface area contributed by atoms with E-state index in [0.717, 1.165) is 31.0 Å². The van der Waals surface area contributed by atoms with E-state index in [4.69, 9.17) is 0 Å². The Morgan fingerprint density at radius 2 is 2.18 bits per heavy atom. The molecule has 0 saturated heterocycles. The summed E-state index contributed by atoms with van der Waals surface area (Å²) in [6, 6.07) is 2.51. The van der Waals surface area contributed by atoms with Crippen LogP contribution in [0.3, 0.4) is 0 Å². The summed E-state index contributed by atoms with van der Waals surface area (Å²) < 4.78 is 27.0. The van der Waals surface area contributed by atoms with Crippen LogP contribution in [0.25, 0.3) is 0 Å². The average Bonchev–Trinajstić information content (AvgIpc) is 2.27. The van der Waals surface area contributed by atoms with E-state index in [9.17, 15) is 8.78 Å². The summed E-state index contributed by atoms with van der Waals surface area (Å²) in [5, 5.41) is 3.72. The molecule has 1 aliphatic rings. The second kappa shape index (κ2) is 5.36. The minimum atomic E-state index is -0.486. The number of halogens is 2. The molecule has 0 amide bonds. The van der Waals surface area contributed by atoms with Gasteiger partial charge in [0, 0.05) is 22.3 Å². The summed E-state index contributed by atoms with van der Waals surface area (Å²) in [6.45, 7) is 5.04. The Kier molecular flexibility index (Phi) is 4.05. The van der Waals surface area contributed by atoms with E-state index in [-0.39, 0.29) is 6.04 Å². The van der Waals surface area contributed by atoms with Crippen molar-refractivity contribution < 1.29 is 8.78 Å². The van der Waals surface area contributed by atoms with Gasteiger partial charge in [-0.15, -0.1) is 11.8 Å². The van der Waals surface area contributed by atoms with Gasteiger partial charge in [-0.25, -0.2) is 8.78 Å². The highest BCUT2D eigenvalue weighted by Gasteiger charge is 2.27. The maximum absolute atomic E-state index is 13.7. The molecule has 0 fully saturated rings. The molecule has 4 heteroatoms. The van der Waals surface area contributed by atoms with Crippen LogP contribution in [0.4, 0.5) is 8.78 Å². The van der Waals surface area contributed by atoms with Crippen LogP contribution < -0.4 is 5.32 Å². The Hall–Kier alpha value is -0.610. The number of benzene rings is 1. The second-order valence-corrected chi connectivity index (χ2v) is 5.93. The molecule has 0 aromatic heterocycles. The number of rotatable bonds is 3. The van der Waals surface area contributed by atoms with Crippen LogP contribution in [0.1, 0.15) is 38.3 Å². The molecule has 1 aromatic rings. The summed E-state index contributed by atoms with van der Waals surface area (Å²) >= 11 is 1.50. The third-order valence-electron chi connectivity index (χ3n) is 2.94. The lowest BCUT2D eigenvalue weighted by molar-refractivity contribution is 0.467. The van der Waals surface area contributed by atoms with Crippen LogP contribution in [0.5, 0.6) is 0 Å². The van der Waals surface area contributed by atoms with Gasteiger partial charge >= 0.3 is 0 Å². The second-order valence-electron chi connectivity index (χ2n) is 4.48. The Morgan fingerprint density at radius 3 is 2.88 bits per heavy atom. The number of nitrogens with one attached hydrogen (secondary N) is 1. The van der Waals surface area contributed by atoms with Gasteiger partial charge in [-0.1, -0.05) is 13.8 Å². The fourth-order valence-electron chi connectivity index (χ4n) is 2.18. The van der Waals surface area contributed by atoms with Gasteiger partial charge in [-0.2, -0.15) is 0 Å². The number of thioether (sulfide) groups is 1. The predicted molar refractivity (Wildman–Crippen MR) is 67.3 cm³/mol. The molecule has 2 atom stereocenters. The van der Waals surface area contributed by atoms with Crippen molar-refractivity contribution in [2.45, 2.75) is 42.9 Å². The van der Waals surface area contributed by atoms with Crippen LogP contribution in [-0.2, 0) is 0 Å². The third-order valence-corrected chi connectivity index (χ3v) is 4.20. The first kappa shape index (κ1) is 12.8. The Balaban J connectivity index is 2.34. The molecule has 0 spiro atoms. The Bertz CT molecular complexity index is 409. The minimum absolute atomic E-state index is 0.0754. The zero-order valence-corrected chi connectivity index (χ0v) is 10.9. The molecule has 17 heavy (non-hydrogen) atoms. The summed E-state index contributed by atoms with van der Waals surface area (Å²) in [5.41, 5.74) is 0.777. The molecule has 1 heterocycles. The van der Waals surface area contributed by atoms with Crippen molar-refractivity contribution in [2.24, 2.45) is 0 Å². The topological polar surface area (TPSA) is 12.0 Å². The van der Waals surface area contributed by atoms with Crippen LogP contribution in [0.15, 0.2) is 17.0 Å². The normalized spacial score (nSPS) is 23.5. The van der Waals surface area contributed by atoms with Crippen LogP contribution in [0.2, 0.25) is 0 Å². The van der Waals surface area contributed by atoms with E-state index in [2.05, 4.69) is 19.2 Å². The van der Waals surface area contributed by atoms with Gasteiger partial charge in [0.15, 0.2) is 0 Å². The fourth-order valence-corrected chi connectivity index (χ4v) is 3.38. The van der Waals surface area contributed by atoms with E-state index >= 15 is 0 Å². The predicted octanol–water partition coefficient (Wildman–Crippen LogP) is 3.89. The summed E-state index contributed by atoms with van der Waals surface area (Å²) in [4.78, 5) is 0.610. The summed E-state index contributed by atoms with van der Waals surface area (Å²) in [5.74, 6) is -0.917. The van der Waals surface area contributed by atoms with Gasteiger partial charge in [0.25, 0.3) is 0 Å². The van der Waals surface area contributed by atoms with E-state index in [1.807, 2.05) is 0 Å². The van der Waals surface area contributed by atoms with Crippen molar-refractivity contribution in [1.82, 2.24) is 5.32 Å². The average molecular weight is 257 g/mol. The molecular weight excluding hydrogens is 240 g/mol. The maximum atomic E-state index is 13.7. The number of hydrogen-bond acceptors (Lipinski definition) is 2. The van der Waals surface area contributed by atoms with E-state index in [1.165, 1.54) is 17.8 Å². The largest absolute Gasteiger partial charge is 0.310 e. The standard InChI is InChI=1S/C13H17F2NS/c1-3-4-16-12-5-8(2)17-13-10(12)6-9(14)7-11(13)15/h6-8,12,16H,3-5H2,1-2H3. The van der Waals surface area contributed by atoms with E-state index in [1.54, 1.807) is 0 Å². The van der Waals surface area contributed by atoms with Crippen molar-refractivity contribution in [3.05, 3.63) is 29.3 Å². The molecule has 0 aliphatic carbocycles. The zero-order chi connectivity index (χ0) is 12.4. The highest BCUT2D eigenvalue weighted by Crippen LogP contribution is 2.42.